The molecule has 2 bridgehead atoms. The summed E-state index contributed by atoms with van der Waals surface area (Å²) < 4.78 is 27.1. The lowest BCUT2D eigenvalue weighted by molar-refractivity contribution is 0.414. The van der Waals surface area contributed by atoms with E-state index in [1.54, 1.807) is 0 Å². The lowest BCUT2D eigenvalue weighted by Gasteiger charge is -2.49. The van der Waals surface area contributed by atoms with Gasteiger partial charge in [0.25, 0.3) is 0 Å². The van der Waals surface area contributed by atoms with E-state index in [0.717, 1.165) is 76.6 Å². The van der Waals surface area contributed by atoms with Crippen molar-refractivity contribution < 1.29 is 18.9 Å². The first-order valence-corrected chi connectivity index (χ1v) is 19.6. The summed E-state index contributed by atoms with van der Waals surface area (Å²) in [6.07, 6.45) is 0. The maximum absolute atomic E-state index is 6.93. The highest BCUT2D eigenvalue weighted by atomic mass is 32.3. The number of fused-ring (bicyclic) bond motifs is 9. The monoisotopic (exact) mass is 722 g/mol. The van der Waals surface area contributed by atoms with Crippen LogP contribution in [0.4, 0.5) is 0 Å². The maximum atomic E-state index is 6.93. The van der Waals surface area contributed by atoms with Gasteiger partial charge in [-0.2, -0.15) is 0 Å². The zero-order chi connectivity index (χ0) is 35.1. The number of para-hydroxylation sites is 2. The molecule has 0 amide bonds. The molecule has 3 heterocycles. The Kier molecular flexibility index (Phi) is 6.75. The van der Waals surface area contributed by atoms with Crippen LogP contribution in [0.2, 0.25) is 0 Å². The zero-order valence-corrected chi connectivity index (χ0v) is 29.9. The number of benzene rings is 8. The molecule has 3 aliphatic heterocycles. The van der Waals surface area contributed by atoms with Crippen molar-refractivity contribution in [3.05, 3.63) is 187 Å². The Morgan fingerprint density at radius 2 is 0.943 bits per heavy atom. The molecule has 0 aromatic heterocycles. The van der Waals surface area contributed by atoms with Crippen molar-refractivity contribution in [2.45, 2.75) is 30.4 Å². The number of thiol groups is 1. The molecule has 0 aliphatic carbocycles. The molecule has 3 aliphatic rings. The molecule has 0 N–H and O–H groups in total. The first-order valence-electron chi connectivity index (χ1n) is 17.6. The van der Waals surface area contributed by atoms with Gasteiger partial charge in [0.05, 0.1) is 9.79 Å². The minimum atomic E-state index is -2.04. The van der Waals surface area contributed by atoms with Crippen LogP contribution in [0.15, 0.2) is 194 Å². The van der Waals surface area contributed by atoms with E-state index in [9.17, 15) is 0 Å². The van der Waals surface area contributed by atoms with E-state index in [1.165, 1.54) is 4.90 Å². The molecule has 0 saturated heterocycles. The second kappa shape index (κ2) is 11.7. The lowest BCUT2D eigenvalue weighted by Crippen LogP contribution is -2.16. The van der Waals surface area contributed by atoms with Crippen LogP contribution in [0.25, 0.3) is 10.8 Å². The quantitative estimate of drug-likeness (QED) is 0.180. The third-order valence-corrected chi connectivity index (χ3v) is 14.8. The van der Waals surface area contributed by atoms with Gasteiger partial charge in [0, 0.05) is 31.7 Å². The van der Waals surface area contributed by atoms with E-state index >= 15 is 0 Å². The topological polar surface area (TPSA) is 36.9 Å². The average Bonchev–Trinajstić information content (AvgIpc) is 3.20. The molecular formula is C47H30O4S2. The Labute approximate surface area is 313 Å². The largest absolute Gasteiger partial charge is 0.456 e. The summed E-state index contributed by atoms with van der Waals surface area (Å²) in [7, 11) is -2.04. The molecule has 0 spiro atoms. The summed E-state index contributed by atoms with van der Waals surface area (Å²) >= 11 is 4.93. The van der Waals surface area contributed by atoms with Crippen molar-refractivity contribution in [2.75, 3.05) is 0 Å². The van der Waals surface area contributed by atoms with Gasteiger partial charge in [0.15, 0.2) is 0 Å². The van der Waals surface area contributed by atoms with Crippen LogP contribution in [0.5, 0.6) is 46.0 Å². The van der Waals surface area contributed by atoms with Crippen LogP contribution in [-0.2, 0) is 0 Å². The van der Waals surface area contributed by atoms with Gasteiger partial charge in [-0.15, -0.1) is 22.7 Å². The minimum absolute atomic E-state index is 0.192. The SMILES string of the molecule is Sc1c2cccc1Oc1cc3cc4c(cc3cc1C(c1ccccc1)c1ccccc1O2)Oc1cccc2c1S4(c1ccccc1)c1ccccc1O2. The van der Waals surface area contributed by atoms with E-state index in [1.807, 2.05) is 48.5 Å². The van der Waals surface area contributed by atoms with E-state index in [-0.39, 0.29) is 5.92 Å². The minimum Gasteiger partial charge on any atom is -0.456 e. The summed E-state index contributed by atoms with van der Waals surface area (Å²) in [5.74, 6) is 5.95. The van der Waals surface area contributed by atoms with Crippen LogP contribution in [-0.4, -0.2) is 0 Å². The number of rotatable bonds is 2. The summed E-state index contributed by atoms with van der Waals surface area (Å²) in [4.78, 5) is 5.23. The highest BCUT2D eigenvalue weighted by molar-refractivity contribution is 8.34. The van der Waals surface area contributed by atoms with Crippen LogP contribution in [0.1, 0.15) is 22.6 Å². The molecule has 0 radical (unpaired) electrons. The summed E-state index contributed by atoms with van der Waals surface area (Å²) in [6.45, 7) is 0. The Hall–Kier alpha value is -6.08. The second-order valence-corrected chi connectivity index (χ2v) is 16.8. The van der Waals surface area contributed by atoms with Crippen LogP contribution in [0.3, 0.4) is 0 Å². The third kappa shape index (κ3) is 4.52. The van der Waals surface area contributed by atoms with E-state index < -0.39 is 10.0 Å². The van der Waals surface area contributed by atoms with Gasteiger partial charge in [0.1, 0.15) is 46.0 Å². The highest BCUT2D eigenvalue weighted by Gasteiger charge is 2.47. The predicted octanol–water partition coefficient (Wildman–Crippen LogP) is 13.8. The van der Waals surface area contributed by atoms with Crippen molar-refractivity contribution in [1.82, 2.24) is 0 Å². The van der Waals surface area contributed by atoms with Crippen LogP contribution in [0, 0.1) is 0 Å². The summed E-state index contributed by atoms with van der Waals surface area (Å²) in [5, 5.41) is 2.09. The molecule has 2 unspecified atom stereocenters. The summed E-state index contributed by atoms with van der Waals surface area (Å²) in [6, 6.07) is 59.1. The molecule has 4 nitrogen and oxygen atoms in total. The summed E-state index contributed by atoms with van der Waals surface area (Å²) in [5.41, 5.74) is 3.18. The van der Waals surface area contributed by atoms with Gasteiger partial charge in [-0.25, -0.2) is 0 Å². The van der Waals surface area contributed by atoms with Gasteiger partial charge in [0.2, 0.25) is 0 Å². The first-order chi connectivity index (χ1) is 26.2. The molecular weight excluding hydrogens is 693 g/mol. The highest BCUT2D eigenvalue weighted by Crippen LogP contribution is 2.84. The van der Waals surface area contributed by atoms with E-state index in [2.05, 4.69) is 121 Å². The van der Waals surface area contributed by atoms with Gasteiger partial charge in [-0.3, -0.25) is 0 Å². The second-order valence-electron chi connectivity index (χ2n) is 13.4. The number of ether oxygens (including phenoxy) is 4. The fraction of sp³-hybridized carbons (Fsp3) is 0.0213. The zero-order valence-electron chi connectivity index (χ0n) is 28.2. The molecule has 8 aromatic rings. The van der Waals surface area contributed by atoms with Gasteiger partial charge < -0.3 is 18.9 Å². The third-order valence-electron chi connectivity index (χ3n) is 10.4. The maximum Gasteiger partial charge on any atom is 0.144 e. The van der Waals surface area contributed by atoms with Gasteiger partial charge >= 0.3 is 0 Å². The average molecular weight is 723 g/mol. The molecule has 11 rings (SSSR count). The van der Waals surface area contributed by atoms with Crippen molar-refractivity contribution in [1.29, 1.82) is 0 Å². The molecule has 53 heavy (non-hydrogen) atoms. The predicted molar refractivity (Wildman–Crippen MR) is 212 cm³/mol. The Balaban J connectivity index is 1.23. The fourth-order valence-corrected chi connectivity index (χ4v) is 12.6. The Morgan fingerprint density at radius 3 is 1.72 bits per heavy atom. The fourth-order valence-electron chi connectivity index (χ4n) is 8.14. The molecule has 0 saturated carbocycles. The van der Waals surface area contributed by atoms with E-state index in [4.69, 9.17) is 31.6 Å². The molecule has 8 aromatic carbocycles. The Morgan fingerprint density at radius 1 is 0.396 bits per heavy atom. The number of hydrogen-bond acceptors (Lipinski definition) is 5. The Bertz CT molecular complexity index is 2770. The standard InChI is InChI=1S/C47H30O4S2/c52-46-37-20-11-21-38(46)50-41-26-31-28-44-42(27-30(31)25-34(41)45(29-13-3-1-4-14-29)33-17-7-8-18-35(33)48-37)51-40-23-12-22-39-47(40)53(44,32-15-5-2-6-16-32)43-24-10-9-19-36(43)49-39/h1-28,45,52H. The van der Waals surface area contributed by atoms with Crippen molar-refractivity contribution in [3.8, 4) is 46.0 Å². The molecule has 6 heteroatoms. The molecule has 2 atom stereocenters. The first kappa shape index (κ1) is 30.5. The smallest absolute Gasteiger partial charge is 0.144 e. The lowest BCUT2D eigenvalue weighted by atomic mass is 9.83. The van der Waals surface area contributed by atoms with E-state index in [0.29, 0.717) is 16.4 Å². The van der Waals surface area contributed by atoms with Crippen LogP contribution >= 0.6 is 22.7 Å². The van der Waals surface area contributed by atoms with Crippen LogP contribution < -0.4 is 18.9 Å². The number of hydrogen-bond donors (Lipinski definition) is 1. The van der Waals surface area contributed by atoms with Crippen molar-refractivity contribution >= 4 is 33.4 Å². The molecule has 0 fully saturated rings. The van der Waals surface area contributed by atoms with Crippen molar-refractivity contribution in [3.63, 3.8) is 0 Å². The van der Waals surface area contributed by atoms with Gasteiger partial charge in [-0.1, -0.05) is 91.0 Å². The van der Waals surface area contributed by atoms with Gasteiger partial charge in [-0.05, 0) is 95.2 Å². The molecule has 254 valence electrons. The normalized spacial score (nSPS) is 18.5. The van der Waals surface area contributed by atoms with Crippen molar-refractivity contribution in [2.24, 2.45) is 0 Å².